The maximum Gasteiger partial charge on any atom is 0.159 e. The summed E-state index contributed by atoms with van der Waals surface area (Å²) in [7, 11) is 2.23. The van der Waals surface area contributed by atoms with Crippen molar-refractivity contribution in [3.05, 3.63) is 11.6 Å². The molecule has 5 aliphatic rings. The summed E-state index contributed by atoms with van der Waals surface area (Å²) in [6.07, 6.45) is 7.09. The van der Waals surface area contributed by atoms with Crippen LogP contribution in [0.25, 0.3) is 0 Å². The molecule has 0 aromatic carbocycles. The molecule has 5 heteroatoms. The summed E-state index contributed by atoms with van der Waals surface area (Å²) in [5.41, 5.74) is -0.615. The Bertz CT molecular complexity index is 777. The monoisotopic (exact) mass is 417 g/mol. The Morgan fingerprint density at radius 1 is 1.07 bits per heavy atom. The molecule has 0 spiro atoms. The lowest BCUT2D eigenvalue weighted by atomic mass is 9.46. The van der Waals surface area contributed by atoms with Crippen molar-refractivity contribution < 1.29 is 20.1 Å². The minimum absolute atomic E-state index is 0.0407. The van der Waals surface area contributed by atoms with E-state index in [0.717, 1.165) is 31.3 Å². The van der Waals surface area contributed by atoms with Crippen LogP contribution in [0.5, 0.6) is 0 Å². The number of carbonyl (C=O) groups excluding carboxylic acids is 1. The molecular weight excluding hydrogens is 378 g/mol. The third kappa shape index (κ3) is 2.65. The van der Waals surface area contributed by atoms with Crippen LogP contribution in [0, 0.1) is 28.6 Å². The smallest absolute Gasteiger partial charge is 0.159 e. The lowest BCUT2D eigenvalue weighted by Crippen LogP contribution is -2.61. The molecule has 5 nitrogen and oxygen atoms in total. The SMILES string of the molecule is CC([C@H]1CC[C@@]2(O)C3=CC(=O)[C@@H]4C[C@@H](O)[C@@H](O)C[C@]4(C)C3CC[C@]12C)N(C)C1CC1. The average molecular weight is 418 g/mol. The quantitative estimate of drug-likeness (QED) is 0.658. The summed E-state index contributed by atoms with van der Waals surface area (Å²) in [4.78, 5) is 15.7. The minimum atomic E-state index is -0.941. The Hall–Kier alpha value is -0.750. The molecule has 4 saturated carbocycles. The van der Waals surface area contributed by atoms with Crippen molar-refractivity contribution in [3.63, 3.8) is 0 Å². The van der Waals surface area contributed by atoms with Gasteiger partial charge < -0.3 is 20.2 Å². The van der Waals surface area contributed by atoms with Crippen molar-refractivity contribution in [2.75, 3.05) is 7.05 Å². The maximum absolute atomic E-state index is 13.2. The van der Waals surface area contributed by atoms with E-state index in [1.807, 2.05) is 0 Å². The molecule has 0 radical (unpaired) electrons. The van der Waals surface area contributed by atoms with Gasteiger partial charge in [0.2, 0.25) is 0 Å². The zero-order valence-electron chi connectivity index (χ0n) is 19.0. The highest BCUT2D eigenvalue weighted by atomic mass is 16.3. The van der Waals surface area contributed by atoms with Gasteiger partial charge in [-0.1, -0.05) is 13.8 Å². The van der Waals surface area contributed by atoms with E-state index in [0.29, 0.717) is 30.8 Å². The van der Waals surface area contributed by atoms with Gasteiger partial charge in [-0.25, -0.2) is 0 Å². The number of nitrogens with zero attached hydrogens (tertiary/aromatic N) is 1. The third-order valence-electron chi connectivity index (χ3n) is 10.5. The third-order valence-corrected chi connectivity index (χ3v) is 10.5. The topological polar surface area (TPSA) is 81.0 Å². The minimum Gasteiger partial charge on any atom is -0.390 e. The molecule has 0 saturated heterocycles. The van der Waals surface area contributed by atoms with Crippen molar-refractivity contribution in [3.8, 4) is 0 Å². The van der Waals surface area contributed by atoms with Gasteiger partial charge in [-0.05, 0) is 94.2 Å². The first-order chi connectivity index (χ1) is 14.0. The number of hydrogen-bond acceptors (Lipinski definition) is 5. The first-order valence-electron chi connectivity index (χ1n) is 12.1. The van der Waals surface area contributed by atoms with E-state index in [1.54, 1.807) is 6.08 Å². The van der Waals surface area contributed by atoms with Crippen LogP contribution >= 0.6 is 0 Å². The number of ketones is 1. The lowest BCUT2D eigenvalue weighted by molar-refractivity contribution is -0.153. The van der Waals surface area contributed by atoms with Crippen molar-refractivity contribution in [1.82, 2.24) is 4.90 Å². The number of carbonyl (C=O) groups is 1. The predicted molar refractivity (Wildman–Crippen MR) is 115 cm³/mol. The normalized spacial score (nSPS) is 51.8. The molecule has 5 aliphatic carbocycles. The Morgan fingerprint density at radius 3 is 2.43 bits per heavy atom. The second kappa shape index (κ2) is 6.63. The maximum atomic E-state index is 13.2. The standard InChI is InChI=1S/C25H39NO4/c1-14(26(4)15-5-6-15)16-8-10-25(30)18-11-20(27)19-12-21(28)22(29)13-23(19,2)17(18)7-9-24(16,25)3/h11,14-17,19,21-22,28-30H,5-10,12-13H2,1-4H3/t14?,16-,17?,19+,21-,22+,23-,24-,25-/m1/s1. The molecule has 2 unspecified atom stereocenters. The van der Waals surface area contributed by atoms with E-state index >= 15 is 0 Å². The fourth-order valence-electron chi connectivity index (χ4n) is 8.28. The lowest BCUT2D eigenvalue weighted by Gasteiger charge is -2.60. The van der Waals surface area contributed by atoms with Gasteiger partial charge in [-0.3, -0.25) is 4.79 Å². The molecule has 3 N–H and O–H groups in total. The second-order valence-electron chi connectivity index (χ2n) is 11.8. The molecule has 5 rings (SSSR count). The number of rotatable bonds is 3. The fourth-order valence-corrected chi connectivity index (χ4v) is 8.28. The van der Waals surface area contributed by atoms with E-state index in [2.05, 4.69) is 32.7 Å². The van der Waals surface area contributed by atoms with Crippen LogP contribution in [-0.4, -0.2) is 62.9 Å². The molecule has 0 aromatic rings. The highest BCUT2D eigenvalue weighted by Gasteiger charge is 2.67. The van der Waals surface area contributed by atoms with E-state index in [1.165, 1.54) is 12.8 Å². The van der Waals surface area contributed by atoms with Crippen LogP contribution in [-0.2, 0) is 4.79 Å². The Kier molecular flexibility index (Phi) is 4.67. The molecule has 168 valence electrons. The Balaban J connectivity index is 1.51. The Morgan fingerprint density at radius 2 is 1.77 bits per heavy atom. The number of hydrogen-bond donors (Lipinski definition) is 3. The van der Waals surface area contributed by atoms with Crippen molar-refractivity contribution >= 4 is 5.78 Å². The summed E-state index contributed by atoms with van der Waals surface area (Å²) in [6, 6.07) is 1.11. The average Bonchev–Trinajstić information content (AvgIpc) is 3.48. The van der Waals surface area contributed by atoms with Gasteiger partial charge in [0, 0.05) is 23.4 Å². The molecular formula is C25H39NO4. The van der Waals surface area contributed by atoms with E-state index < -0.39 is 17.8 Å². The summed E-state index contributed by atoms with van der Waals surface area (Å²) in [6.45, 7) is 6.70. The van der Waals surface area contributed by atoms with Crippen LogP contribution in [0.3, 0.4) is 0 Å². The van der Waals surface area contributed by atoms with Crippen molar-refractivity contribution in [2.45, 2.75) is 102 Å². The van der Waals surface area contributed by atoms with Crippen LogP contribution in [0.4, 0.5) is 0 Å². The van der Waals surface area contributed by atoms with E-state index in [4.69, 9.17) is 0 Å². The van der Waals surface area contributed by atoms with E-state index in [-0.39, 0.29) is 28.4 Å². The zero-order chi connectivity index (χ0) is 21.6. The van der Waals surface area contributed by atoms with Gasteiger partial charge in [-0.2, -0.15) is 0 Å². The van der Waals surface area contributed by atoms with E-state index in [9.17, 15) is 20.1 Å². The highest BCUT2D eigenvalue weighted by molar-refractivity contribution is 5.95. The molecule has 0 heterocycles. The molecule has 0 aromatic heterocycles. The molecule has 0 bridgehead atoms. The van der Waals surface area contributed by atoms with Crippen molar-refractivity contribution in [2.24, 2.45) is 28.6 Å². The number of fused-ring (bicyclic) bond motifs is 5. The van der Waals surface area contributed by atoms with Gasteiger partial charge in [0.15, 0.2) is 5.78 Å². The second-order valence-corrected chi connectivity index (χ2v) is 11.8. The van der Waals surface area contributed by atoms with Crippen LogP contribution in [0.1, 0.15) is 72.1 Å². The molecule has 0 aliphatic heterocycles. The summed E-state index contributed by atoms with van der Waals surface area (Å²) < 4.78 is 0. The molecule has 4 fully saturated rings. The van der Waals surface area contributed by atoms with Gasteiger partial charge >= 0.3 is 0 Å². The highest BCUT2D eigenvalue weighted by Crippen LogP contribution is 2.67. The molecule has 0 amide bonds. The largest absolute Gasteiger partial charge is 0.390 e. The Labute approximate surface area is 180 Å². The first-order valence-corrected chi connectivity index (χ1v) is 12.1. The molecule has 9 atom stereocenters. The van der Waals surface area contributed by atoms with Crippen LogP contribution < -0.4 is 0 Å². The van der Waals surface area contributed by atoms with Crippen molar-refractivity contribution in [1.29, 1.82) is 0 Å². The van der Waals surface area contributed by atoms with Gasteiger partial charge in [0.25, 0.3) is 0 Å². The number of allylic oxidation sites excluding steroid dienone is 1. The van der Waals surface area contributed by atoms with Gasteiger partial charge in [0.1, 0.15) is 0 Å². The predicted octanol–water partition coefficient (Wildman–Crippen LogP) is 2.67. The molecule has 30 heavy (non-hydrogen) atoms. The summed E-state index contributed by atoms with van der Waals surface area (Å²) in [5, 5.41) is 32.9. The summed E-state index contributed by atoms with van der Waals surface area (Å²) in [5.74, 6) is 0.304. The first kappa shape index (κ1) is 21.1. The zero-order valence-corrected chi connectivity index (χ0v) is 19.0. The number of aliphatic hydroxyl groups is 3. The van der Waals surface area contributed by atoms with Gasteiger partial charge in [-0.15, -0.1) is 0 Å². The summed E-state index contributed by atoms with van der Waals surface area (Å²) >= 11 is 0. The van der Waals surface area contributed by atoms with Crippen LogP contribution in [0.2, 0.25) is 0 Å². The fraction of sp³-hybridized carbons (Fsp3) is 0.880. The number of aliphatic hydroxyl groups excluding tert-OH is 2. The van der Waals surface area contributed by atoms with Crippen LogP contribution in [0.15, 0.2) is 11.6 Å². The van der Waals surface area contributed by atoms with Gasteiger partial charge in [0.05, 0.1) is 17.8 Å².